The van der Waals surface area contributed by atoms with Crippen LogP contribution < -0.4 is 5.73 Å². The first-order valence-electron chi connectivity index (χ1n) is 2.54. The van der Waals surface area contributed by atoms with E-state index >= 15 is 0 Å². The molecule has 0 atom stereocenters. The zero-order valence-corrected chi connectivity index (χ0v) is 5.55. The lowest BCUT2D eigenvalue weighted by Crippen LogP contribution is -2.35. The van der Waals surface area contributed by atoms with Gasteiger partial charge in [0.05, 0.1) is 6.54 Å². The maximum atomic E-state index is 10.3. The summed E-state index contributed by atoms with van der Waals surface area (Å²) in [6, 6.07) is -0.579. The molecule has 0 heterocycles. The molecule has 0 aliphatic heterocycles. The molecule has 2 N–H and O–H groups in total. The number of urea groups is 1. The van der Waals surface area contributed by atoms with Gasteiger partial charge in [0.2, 0.25) is 0 Å². The van der Waals surface area contributed by atoms with Gasteiger partial charge in [-0.05, 0) is 6.92 Å². The smallest absolute Gasteiger partial charge is 0.314 e. The van der Waals surface area contributed by atoms with Crippen molar-refractivity contribution in [3.63, 3.8) is 0 Å². The van der Waals surface area contributed by atoms with Gasteiger partial charge in [-0.2, -0.15) is 0 Å². The lowest BCUT2D eigenvalue weighted by molar-refractivity contribution is -0.117. The van der Waals surface area contributed by atoms with Crippen molar-refractivity contribution >= 4 is 11.8 Å². The van der Waals surface area contributed by atoms with Crippen LogP contribution in [0.2, 0.25) is 0 Å². The zero-order valence-electron chi connectivity index (χ0n) is 5.55. The molecule has 0 saturated heterocycles. The highest BCUT2D eigenvalue weighted by molar-refractivity contribution is 5.82. The monoisotopic (exact) mass is 130 g/mol. The molecule has 4 nitrogen and oxygen atoms in total. The highest BCUT2D eigenvalue weighted by Crippen LogP contribution is 1.80. The van der Waals surface area contributed by atoms with Gasteiger partial charge < -0.3 is 10.6 Å². The van der Waals surface area contributed by atoms with E-state index in [0.717, 1.165) is 4.90 Å². The Labute approximate surface area is 53.6 Å². The van der Waals surface area contributed by atoms with Crippen LogP contribution in [0.4, 0.5) is 4.79 Å². The minimum absolute atomic E-state index is 0.0729. The second-order valence-corrected chi connectivity index (χ2v) is 1.90. The Kier molecular flexibility index (Phi) is 2.70. The van der Waals surface area contributed by atoms with Gasteiger partial charge in [-0.1, -0.05) is 0 Å². The van der Waals surface area contributed by atoms with Crippen LogP contribution in [0.25, 0.3) is 0 Å². The van der Waals surface area contributed by atoms with Crippen LogP contribution in [0.1, 0.15) is 6.92 Å². The number of amides is 2. The number of nitrogens with zero attached hydrogens (tertiary/aromatic N) is 1. The predicted molar refractivity (Wildman–Crippen MR) is 32.9 cm³/mol. The number of carbonyl (C=O) groups excluding carboxylic acids is 2. The first-order chi connectivity index (χ1) is 4.04. The molecule has 2 amide bonds. The van der Waals surface area contributed by atoms with E-state index in [2.05, 4.69) is 0 Å². The van der Waals surface area contributed by atoms with Gasteiger partial charge >= 0.3 is 6.03 Å². The number of ketones is 1. The van der Waals surface area contributed by atoms with Gasteiger partial charge in [-0.25, -0.2) is 4.79 Å². The largest absolute Gasteiger partial charge is 0.351 e. The van der Waals surface area contributed by atoms with Gasteiger partial charge in [-0.3, -0.25) is 4.79 Å². The van der Waals surface area contributed by atoms with Crippen molar-refractivity contribution in [2.24, 2.45) is 5.73 Å². The van der Waals surface area contributed by atoms with E-state index in [9.17, 15) is 9.59 Å². The van der Waals surface area contributed by atoms with Crippen LogP contribution in [-0.4, -0.2) is 30.3 Å². The highest BCUT2D eigenvalue weighted by atomic mass is 16.2. The summed E-state index contributed by atoms with van der Waals surface area (Å²) < 4.78 is 0. The maximum Gasteiger partial charge on any atom is 0.314 e. The fraction of sp³-hybridized carbons (Fsp3) is 0.600. The van der Waals surface area contributed by atoms with Gasteiger partial charge in [0.15, 0.2) is 0 Å². The fourth-order valence-corrected chi connectivity index (χ4v) is 0.412. The van der Waals surface area contributed by atoms with Crippen LogP contribution in [-0.2, 0) is 4.79 Å². The molecule has 0 saturated carbocycles. The summed E-state index contributed by atoms with van der Waals surface area (Å²) in [6.45, 7) is 1.49. The number of nitrogens with two attached hydrogens (primary N) is 1. The van der Waals surface area contributed by atoms with Crippen molar-refractivity contribution in [2.45, 2.75) is 6.92 Å². The van der Waals surface area contributed by atoms with Crippen LogP contribution in [0.3, 0.4) is 0 Å². The molecule has 0 aromatic heterocycles. The Morgan fingerprint density at radius 3 is 2.11 bits per heavy atom. The van der Waals surface area contributed by atoms with E-state index in [4.69, 9.17) is 5.73 Å². The van der Waals surface area contributed by atoms with Crippen LogP contribution >= 0.6 is 0 Å². The SMILES string of the molecule is CC(=O)CN(C)C(N)=O. The van der Waals surface area contributed by atoms with E-state index in [1.54, 1.807) is 0 Å². The Morgan fingerprint density at radius 2 is 2.00 bits per heavy atom. The van der Waals surface area contributed by atoms with E-state index in [0.29, 0.717) is 0 Å². The van der Waals surface area contributed by atoms with Crippen molar-refractivity contribution in [1.29, 1.82) is 0 Å². The van der Waals surface area contributed by atoms with Gasteiger partial charge in [0, 0.05) is 7.05 Å². The van der Waals surface area contributed by atoms with Crippen LogP contribution in [0.15, 0.2) is 0 Å². The molecule has 0 fully saturated rings. The van der Waals surface area contributed by atoms with E-state index in [1.807, 2.05) is 0 Å². The molecule has 0 radical (unpaired) electrons. The third kappa shape index (κ3) is 3.52. The van der Waals surface area contributed by atoms with E-state index in [1.165, 1.54) is 14.0 Å². The van der Waals surface area contributed by atoms with Gasteiger partial charge in [0.25, 0.3) is 0 Å². The summed E-state index contributed by atoms with van der Waals surface area (Å²) in [6.07, 6.45) is 0. The Morgan fingerprint density at radius 1 is 1.56 bits per heavy atom. The molecule has 0 spiro atoms. The fourth-order valence-electron chi connectivity index (χ4n) is 0.412. The third-order valence-corrected chi connectivity index (χ3v) is 0.836. The van der Waals surface area contributed by atoms with Crippen molar-refractivity contribution in [3.8, 4) is 0 Å². The van der Waals surface area contributed by atoms with Gasteiger partial charge in [0.1, 0.15) is 5.78 Å². The third-order valence-electron chi connectivity index (χ3n) is 0.836. The normalized spacial score (nSPS) is 8.67. The first kappa shape index (κ1) is 7.94. The van der Waals surface area contributed by atoms with Crippen molar-refractivity contribution in [2.75, 3.05) is 13.6 Å². The molecule has 52 valence electrons. The number of rotatable bonds is 2. The molecule has 9 heavy (non-hydrogen) atoms. The average molecular weight is 130 g/mol. The minimum atomic E-state index is -0.579. The summed E-state index contributed by atoms with van der Waals surface area (Å²) in [5, 5.41) is 0. The standard InChI is InChI=1S/C5H10N2O2/c1-4(8)3-7(2)5(6)9/h3H2,1-2H3,(H2,6,9). The summed E-state index contributed by atoms with van der Waals surface area (Å²) >= 11 is 0. The first-order valence-corrected chi connectivity index (χ1v) is 2.54. The molecule has 0 aromatic rings. The summed E-state index contributed by atoms with van der Waals surface area (Å²) in [5.74, 6) is -0.0729. The molecule has 0 aliphatic carbocycles. The molecule has 0 aromatic carbocycles. The van der Waals surface area contributed by atoms with E-state index < -0.39 is 6.03 Å². The molecule has 0 bridgehead atoms. The van der Waals surface area contributed by atoms with E-state index in [-0.39, 0.29) is 12.3 Å². The predicted octanol–water partition coefficient (Wildman–Crippen LogP) is -0.414. The number of carbonyl (C=O) groups is 2. The second-order valence-electron chi connectivity index (χ2n) is 1.90. The number of primary amides is 1. The quantitative estimate of drug-likeness (QED) is 0.552. The average Bonchev–Trinajstić information content (AvgIpc) is 1.63. The van der Waals surface area contributed by atoms with Crippen molar-refractivity contribution in [3.05, 3.63) is 0 Å². The Balaban J connectivity index is 3.63. The Hall–Kier alpha value is -1.06. The number of hydrogen-bond acceptors (Lipinski definition) is 2. The molecule has 0 rings (SSSR count). The lowest BCUT2D eigenvalue weighted by atomic mass is 10.4. The maximum absolute atomic E-state index is 10.3. The molecule has 0 aliphatic rings. The molecule has 0 unspecified atom stereocenters. The summed E-state index contributed by atoms with van der Waals surface area (Å²) in [5.41, 5.74) is 4.82. The minimum Gasteiger partial charge on any atom is -0.351 e. The topological polar surface area (TPSA) is 63.4 Å². The summed E-state index contributed by atoms with van der Waals surface area (Å²) in [4.78, 5) is 21.7. The lowest BCUT2D eigenvalue weighted by Gasteiger charge is -2.10. The van der Waals surface area contributed by atoms with Crippen LogP contribution in [0, 0.1) is 0 Å². The highest BCUT2D eigenvalue weighted by Gasteiger charge is 2.03. The molecular weight excluding hydrogens is 120 g/mol. The number of Topliss-reactive ketones (excluding diaryl/α,β-unsaturated/α-hetero) is 1. The van der Waals surface area contributed by atoms with Gasteiger partial charge in [-0.15, -0.1) is 0 Å². The van der Waals surface area contributed by atoms with Crippen molar-refractivity contribution in [1.82, 2.24) is 4.90 Å². The Bertz CT molecular complexity index is 133. The molecule has 4 heteroatoms. The molecular formula is C5H10N2O2. The van der Waals surface area contributed by atoms with Crippen LogP contribution in [0.5, 0.6) is 0 Å². The second kappa shape index (κ2) is 3.06. The zero-order chi connectivity index (χ0) is 7.44. The number of hydrogen-bond donors (Lipinski definition) is 1. The van der Waals surface area contributed by atoms with Crippen molar-refractivity contribution < 1.29 is 9.59 Å². The summed E-state index contributed by atoms with van der Waals surface area (Å²) in [7, 11) is 1.48. The number of likely N-dealkylation sites (N-methyl/N-ethyl adjacent to an activating group) is 1.